The van der Waals surface area contributed by atoms with Gasteiger partial charge in [-0.3, -0.25) is 4.98 Å². The van der Waals surface area contributed by atoms with Crippen LogP contribution in [0.2, 0.25) is 0 Å². The van der Waals surface area contributed by atoms with Crippen LogP contribution in [0.25, 0.3) is 0 Å². The molecular formula is C16H18BrFN2O. The minimum atomic E-state index is -0.352. The Morgan fingerprint density at radius 2 is 2.14 bits per heavy atom. The van der Waals surface area contributed by atoms with Crippen molar-refractivity contribution in [3.8, 4) is 5.75 Å². The molecule has 0 fully saturated rings. The second kappa shape index (κ2) is 7.52. The number of ether oxygens (including phenoxy) is 1. The average molecular weight is 353 g/mol. The van der Waals surface area contributed by atoms with E-state index in [1.807, 2.05) is 32.0 Å². The molecule has 1 unspecified atom stereocenters. The summed E-state index contributed by atoms with van der Waals surface area (Å²) in [5.41, 5.74) is 1.66. The van der Waals surface area contributed by atoms with Crippen molar-refractivity contribution in [3.63, 3.8) is 0 Å². The van der Waals surface area contributed by atoms with Crippen molar-refractivity contribution in [2.45, 2.75) is 26.5 Å². The van der Waals surface area contributed by atoms with E-state index in [1.54, 1.807) is 12.3 Å². The molecule has 0 aliphatic carbocycles. The van der Waals surface area contributed by atoms with E-state index in [1.165, 1.54) is 6.07 Å². The molecule has 21 heavy (non-hydrogen) atoms. The van der Waals surface area contributed by atoms with Crippen LogP contribution < -0.4 is 10.1 Å². The predicted octanol–water partition coefficient (Wildman–Crippen LogP) is 4.23. The van der Waals surface area contributed by atoms with E-state index in [0.29, 0.717) is 0 Å². The minimum absolute atomic E-state index is 0.117. The van der Waals surface area contributed by atoms with Crippen LogP contribution in [0.15, 0.2) is 41.0 Å². The second-order valence-corrected chi connectivity index (χ2v) is 5.64. The van der Waals surface area contributed by atoms with Gasteiger partial charge < -0.3 is 10.1 Å². The molecule has 112 valence electrons. The summed E-state index contributed by atoms with van der Waals surface area (Å²) in [5, 5.41) is 3.25. The van der Waals surface area contributed by atoms with Crippen LogP contribution >= 0.6 is 15.9 Å². The zero-order valence-electron chi connectivity index (χ0n) is 12.1. The molecular weight excluding hydrogens is 335 g/mol. The highest BCUT2D eigenvalue weighted by molar-refractivity contribution is 9.10. The Morgan fingerprint density at radius 1 is 1.33 bits per heavy atom. The molecule has 2 rings (SSSR count). The van der Waals surface area contributed by atoms with Gasteiger partial charge in [0.25, 0.3) is 0 Å². The summed E-state index contributed by atoms with van der Waals surface area (Å²) in [4.78, 5) is 4.19. The molecule has 1 atom stereocenters. The minimum Gasteiger partial charge on any atom is -0.484 e. The molecule has 0 aliphatic rings. The molecule has 0 spiro atoms. The van der Waals surface area contributed by atoms with Crippen molar-refractivity contribution in [1.82, 2.24) is 10.3 Å². The van der Waals surface area contributed by atoms with Crippen LogP contribution in [0.5, 0.6) is 5.75 Å². The van der Waals surface area contributed by atoms with Gasteiger partial charge in [0.05, 0.1) is 5.69 Å². The first-order chi connectivity index (χ1) is 10.1. The number of hydrogen-bond donors (Lipinski definition) is 1. The van der Waals surface area contributed by atoms with Gasteiger partial charge in [0, 0.05) is 16.7 Å². The number of nitrogens with zero attached hydrogens (tertiary/aromatic N) is 1. The summed E-state index contributed by atoms with van der Waals surface area (Å²) >= 11 is 3.32. The molecule has 2 aromatic rings. The van der Waals surface area contributed by atoms with Crippen molar-refractivity contribution >= 4 is 15.9 Å². The highest BCUT2D eigenvalue weighted by Gasteiger charge is 2.09. The first kappa shape index (κ1) is 15.9. The van der Waals surface area contributed by atoms with Crippen LogP contribution in [-0.2, 0) is 6.61 Å². The molecule has 5 heteroatoms. The summed E-state index contributed by atoms with van der Waals surface area (Å²) in [6.45, 7) is 5.11. The van der Waals surface area contributed by atoms with Crippen LogP contribution in [0, 0.1) is 5.82 Å². The second-order valence-electron chi connectivity index (χ2n) is 4.73. The van der Waals surface area contributed by atoms with Crippen molar-refractivity contribution in [1.29, 1.82) is 0 Å². The van der Waals surface area contributed by atoms with Gasteiger partial charge in [0.1, 0.15) is 6.61 Å². The van der Waals surface area contributed by atoms with Gasteiger partial charge in [-0.05, 0) is 59.2 Å². The van der Waals surface area contributed by atoms with Gasteiger partial charge in [-0.25, -0.2) is 4.39 Å². The summed E-state index contributed by atoms with van der Waals surface area (Å²) in [7, 11) is 0. The maximum absolute atomic E-state index is 14.0. The van der Waals surface area contributed by atoms with E-state index in [4.69, 9.17) is 4.74 Å². The number of nitrogens with one attached hydrogen (secondary N) is 1. The molecule has 3 nitrogen and oxygen atoms in total. The van der Waals surface area contributed by atoms with E-state index in [2.05, 4.69) is 26.2 Å². The van der Waals surface area contributed by atoms with Gasteiger partial charge in [-0.15, -0.1) is 0 Å². The predicted molar refractivity (Wildman–Crippen MR) is 84.8 cm³/mol. The summed E-state index contributed by atoms with van der Waals surface area (Å²) in [5.74, 6) is -0.110. The van der Waals surface area contributed by atoms with Crippen LogP contribution in [0.4, 0.5) is 4.39 Å². The lowest BCUT2D eigenvalue weighted by atomic mass is 10.1. The molecule has 0 bridgehead atoms. The molecule has 1 aromatic carbocycles. The number of rotatable bonds is 6. The first-order valence-corrected chi connectivity index (χ1v) is 7.65. The Kier molecular flexibility index (Phi) is 5.70. The largest absolute Gasteiger partial charge is 0.484 e. The van der Waals surface area contributed by atoms with E-state index in [0.717, 1.165) is 22.3 Å². The zero-order valence-corrected chi connectivity index (χ0v) is 13.7. The monoisotopic (exact) mass is 352 g/mol. The Morgan fingerprint density at radius 3 is 2.76 bits per heavy atom. The highest BCUT2D eigenvalue weighted by atomic mass is 79.9. The lowest BCUT2D eigenvalue weighted by Crippen LogP contribution is -2.17. The third kappa shape index (κ3) is 4.51. The summed E-state index contributed by atoms with van der Waals surface area (Å²) in [6, 6.07) is 8.88. The molecule has 0 radical (unpaired) electrons. The normalized spacial score (nSPS) is 12.2. The molecule has 1 heterocycles. The topological polar surface area (TPSA) is 34.1 Å². The van der Waals surface area contributed by atoms with E-state index < -0.39 is 0 Å². The van der Waals surface area contributed by atoms with Gasteiger partial charge in [0.15, 0.2) is 11.6 Å². The maximum atomic E-state index is 14.0. The third-order valence-corrected chi connectivity index (χ3v) is 3.60. The summed E-state index contributed by atoms with van der Waals surface area (Å²) in [6.07, 6.45) is 1.69. The third-order valence-electron chi connectivity index (χ3n) is 3.13. The van der Waals surface area contributed by atoms with Gasteiger partial charge >= 0.3 is 0 Å². The van der Waals surface area contributed by atoms with Crippen LogP contribution in [0.1, 0.15) is 31.1 Å². The lowest BCUT2D eigenvalue weighted by molar-refractivity contribution is 0.285. The van der Waals surface area contributed by atoms with Crippen molar-refractivity contribution in [2.24, 2.45) is 0 Å². The SMILES string of the molecule is CCNC(C)c1ccc(OCc2ccc(Br)cn2)c(F)c1. The maximum Gasteiger partial charge on any atom is 0.165 e. The number of aromatic nitrogens is 1. The standard InChI is InChI=1S/C16H18BrFN2O/c1-3-19-11(2)12-4-7-16(15(18)8-12)21-10-14-6-5-13(17)9-20-14/h4-9,11,19H,3,10H2,1-2H3. The van der Waals surface area contributed by atoms with E-state index >= 15 is 0 Å². The quantitative estimate of drug-likeness (QED) is 0.844. The van der Waals surface area contributed by atoms with Gasteiger partial charge in [-0.2, -0.15) is 0 Å². The van der Waals surface area contributed by atoms with Gasteiger partial charge in [0.2, 0.25) is 0 Å². The van der Waals surface area contributed by atoms with E-state index in [-0.39, 0.29) is 24.2 Å². The van der Waals surface area contributed by atoms with Crippen LogP contribution in [-0.4, -0.2) is 11.5 Å². The Balaban J connectivity index is 2.02. The zero-order chi connectivity index (χ0) is 15.2. The van der Waals surface area contributed by atoms with Crippen molar-refractivity contribution in [3.05, 3.63) is 58.1 Å². The Labute approximate surface area is 132 Å². The fourth-order valence-electron chi connectivity index (χ4n) is 1.97. The highest BCUT2D eigenvalue weighted by Crippen LogP contribution is 2.23. The Hall–Kier alpha value is -1.46. The first-order valence-electron chi connectivity index (χ1n) is 6.86. The van der Waals surface area contributed by atoms with E-state index in [9.17, 15) is 4.39 Å². The lowest BCUT2D eigenvalue weighted by Gasteiger charge is -2.14. The smallest absolute Gasteiger partial charge is 0.165 e. The molecule has 1 aromatic heterocycles. The fourth-order valence-corrected chi connectivity index (χ4v) is 2.21. The number of benzene rings is 1. The molecule has 0 saturated carbocycles. The Bertz CT molecular complexity index is 589. The number of pyridine rings is 1. The molecule has 0 saturated heterocycles. The number of halogens is 2. The van der Waals surface area contributed by atoms with Gasteiger partial charge in [-0.1, -0.05) is 13.0 Å². The number of hydrogen-bond acceptors (Lipinski definition) is 3. The molecule has 0 amide bonds. The molecule has 0 aliphatic heterocycles. The average Bonchev–Trinajstić information content (AvgIpc) is 2.48. The fraction of sp³-hybridized carbons (Fsp3) is 0.312. The van der Waals surface area contributed by atoms with Crippen molar-refractivity contribution < 1.29 is 9.13 Å². The molecule has 1 N–H and O–H groups in total. The van der Waals surface area contributed by atoms with Crippen molar-refractivity contribution in [2.75, 3.05) is 6.54 Å². The summed E-state index contributed by atoms with van der Waals surface area (Å²) < 4.78 is 20.4. The van der Waals surface area contributed by atoms with Crippen LogP contribution in [0.3, 0.4) is 0 Å².